The molecule has 1 amide bonds. The third kappa shape index (κ3) is 4.00. The van der Waals surface area contributed by atoms with Crippen molar-refractivity contribution in [2.45, 2.75) is 25.8 Å². The molecule has 2 N–H and O–H groups in total. The molecule has 1 aliphatic rings. The maximum absolute atomic E-state index is 11.7. The second-order valence-corrected chi connectivity index (χ2v) is 5.47. The molecule has 4 heteroatoms. The highest BCUT2D eigenvalue weighted by atomic mass is 35.5. The van der Waals surface area contributed by atoms with Crippen molar-refractivity contribution in [3.8, 4) is 0 Å². The summed E-state index contributed by atoms with van der Waals surface area (Å²) in [5.41, 5.74) is 1.15. The van der Waals surface area contributed by atoms with Crippen molar-refractivity contribution in [2.24, 2.45) is 5.92 Å². The van der Waals surface area contributed by atoms with Crippen LogP contribution in [0.15, 0.2) is 24.3 Å². The van der Waals surface area contributed by atoms with Crippen LogP contribution < -0.4 is 10.6 Å². The van der Waals surface area contributed by atoms with Crippen LogP contribution in [0, 0.1) is 5.92 Å². The third-order valence-electron chi connectivity index (χ3n) is 3.18. The molecule has 1 heterocycles. The zero-order valence-corrected chi connectivity index (χ0v) is 11.3. The molecule has 0 spiro atoms. The van der Waals surface area contributed by atoms with E-state index in [4.69, 9.17) is 11.6 Å². The number of rotatable bonds is 5. The van der Waals surface area contributed by atoms with Gasteiger partial charge >= 0.3 is 0 Å². The van der Waals surface area contributed by atoms with E-state index in [1.807, 2.05) is 31.2 Å². The molecule has 1 unspecified atom stereocenters. The summed E-state index contributed by atoms with van der Waals surface area (Å²) in [5, 5.41) is 6.95. The van der Waals surface area contributed by atoms with Crippen molar-refractivity contribution in [3.05, 3.63) is 34.9 Å². The fourth-order valence-corrected chi connectivity index (χ4v) is 2.37. The molecule has 0 aliphatic carbocycles. The van der Waals surface area contributed by atoms with Crippen LogP contribution in [0.5, 0.6) is 0 Å². The Balaban J connectivity index is 1.77. The Hall–Kier alpha value is -1.06. The molecule has 0 aromatic heterocycles. The fraction of sp³-hybridized carbons (Fsp3) is 0.500. The van der Waals surface area contributed by atoms with Gasteiger partial charge in [0, 0.05) is 17.5 Å². The number of amides is 1. The van der Waals surface area contributed by atoms with Crippen LogP contribution in [0.25, 0.3) is 0 Å². The molecule has 1 aliphatic heterocycles. The molecular weight excluding hydrogens is 248 g/mol. The molecule has 1 atom stereocenters. The standard InChI is InChI=1S/C14H19ClN2O/c1-10(5-11-3-2-4-13(15)6-11)17-14(18)7-12-8-16-9-12/h2-4,6,10,12,16H,5,7-9H2,1H3,(H,17,18). The molecule has 2 rings (SSSR count). The summed E-state index contributed by atoms with van der Waals surface area (Å²) in [6.45, 7) is 3.96. The second-order valence-electron chi connectivity index (χ2n) is 5.03. The lowest BCUT2D eigenvalue weighted by Crippen LogP contribution is -2.45. The lowest BCUT2D eigenvalue weighted by Gasteiger charge is -2.27. The number of benzene rings is 1. The van der Waals surface area contributed by atoms with Crippen LogP contribution in [0.2, 0.25) is 5.02 Å². The van der Waals surface area contributed by atoms with Crippen LogP contribution >= 0.6 is 11.6 Å². The normalized spacial score (nSPS) is 17.0. The van der Waals surface area contributed by atoms with Gasteiger partial charge in [0.25, 0.3) is 0 Å². The fourth-order valence-electron chi connectivity index (χ4n) is 2.16. The van der Waals surface area contributed by atoms with Crippen molar-refractivity contribution in [3.63, 3.8) is 0 Å². The van der Waals surface area contributed by atoms with Crippen LogP contribution in [0.1, 0.15) is 18.9 Å². The Labute approximate surface area is 113 Å². The zero-order chi connectivity index (χ0) is 13.0. The van der Waals surface area contributed by atoms with Gasteiger partial charge in [-0.05, 0) is 50.0 Å². The van der Waals surface area contributed by atoms with Crippen LogP contribution in [0.4, 0.5) is 0 Å². The van der Waals surface area contributed by atoms with E-state index in [2.05, 4.69) is 10.6 Å². The number of carbonyl (C=O) groups is 1. The Morgan fingerprint density at radius 1 is 1.56 bits per heavy atom. The lowest BCUT2D eigenvalue weighted by molar-refractivity contribution is -0.122. The van der Waals surface area contributed by atoms with Gasteiger partial charge in [0.1, 0.15) is 0 Å². The van der Waals surface area contributed by atoms with Crippen molar-refractivity contribution < 1.29 is 4.79 Å². The molecule has 1 fully saturated rings. The highest BCUT2D eigenvalue weighted by Gasteiger charge is 2.20. The summed E-state index contributed by atoms with van der Waals surface area (Å²) < 4.78 is 0. The van der Waals surface area contributed by atoms with Gasteiger partial charge < -0.3 is 10.6 Å². The Kier molecular flexibility index (Phi) is 4.61. The molecular formula is C14H19ClN2O. The molecule has 3 nitrogen and oxygen atoms in total. The first-order valence-electron chi connectivity index (χ1n) is 6.38. The maximum atomic E-state index is 11.7. The highest BCUT2D eigenvalue weighted by Crippen LogP contribution is 2.13. The molecule has 98 valence electrons. The molecule has 1 aromatic carbocycles. The van der Waals surface area contributed by atoms with Gasteiger partial charge in [-0.1, -0.05) is 23.7 Å². The van der Waals surface area contributed by atoms with Crippen LogP contribution in [-0.4, -0.2) is 25.0 Å². The van der Waals surface area contributed by atoms with Gasteiger partial charge in [-0.25, -0.2) is 0 Å². The van der Waals surface area contributed by atoms with E-state index in [0.717, 1.165) is 30.1 Å². The van der Waals surface area contributed by atoms with Gasteiger partial charge in [-0.3, -0.25) is 4.79 Å². The molecule has 0 bridgehead atoms. The van der Waals surface area contributed by atoms with E-state index in [0.29, 0.717) is 12.3 Å². The predicted molar refractivity (Wildman–Crippen MR) is 73.7 cm³/mol. The summed E-state index contributed by atoms with van der Waals surface area (Å²) in [7, 11) is 0. The average molecular weight is 267 g/mol. The lowest BCUT2D eigenvalue weighted by atomic mass is 9.98. The molecule has 18 heavy (non-hydrogen) atoms. The van der Waals surface area contributed by atoms with E-state index in [1.165, 1.54) is 0 Å². The zero-order valence-electron chi connectivity index (χ0n) is 10.6. The third-order valence-corrected chi connectivity index (χ3v) is 3.41. The number of hydrogen-bond acceptors (Lipinski definition) is 2. The topological polar surface area (TPSA) is 41.1 Å². The van der Waals surface area contributed by atoms with Gasteiger partial charge in [-0.2, -0.15) is 0 Å². The largest absolute Gasteiger partial charge is 0.353 e. The predicted octanol–water partition coefficient (Wildman–Crippen LogP) is 2.00. The summed E-state index contributed by atoms with van der Waals surface area (Å²) in [6, 6.07) is 7.92. The summed E-state index contributed by atoms with van der Waals surface area (Å²) in [6.07, 6.45) is 1.45. The first-order chi connectivity index (χ1) is 8.63. The van der Waals surface area contributed by atoms with E-state index >= 15 is 0 Å². The summed E-state index contributed by atoms with van der Waals surface area (Å²) in [5.74, 6) is 0.666. The second kappa shape index (κ2) is 6.21. The summed E-state index contributed by atoms with van der Waals surface area (Å²) >= 11 is 5.93. The highest BCUT2D eigenvalue weighted by molar-refractivity contribution is 6.30. The maximum Gasteiger partial charge on any atom is 0.220 e. The minimum Gasteiger partial charge on any atom is -0.353 e. The van der Waals surface area contributed by atoms with Crippen molar-refractivity contribution in [1.82, 2.24) is 10.6 Å². The van der Waals surface area contributed by atoms with Gasteiger partial charge in [0.05, 0.1) is 0 Å². The van der Waals surface area contributed by atoms with Crippen molar-refractivity contribution in [1.29, 1.82) is 0 Å². The van der Waals surface area contributed by atoms with E-state index < -0.39 is 0 Å². The van der Waals surface area contributed by atoms with Crippen LogP contribution in [0.3, 0.4) is 0 Å². The SMILES string of the molecule is CC(Cc1cccc(Cl)c1)NC(=O)CC1CNC1. The number of hydrogen-bond donors (Lipinski definition) is 2. The molecule has 0 radical (unpaired) electrons. The smallest absolute Gasteiger partial charge is 0.220 e. The Morgan fingerprint density at radius 2 is 2.33 bits per heavy atom. The Morgan fingerprint density at radius 3 is 2.94 bits per heavy atom. The van der Waals surface area contributed by atoms with E-state index in [-0.39, 0.29) is 11.9 Å². The van der Waals surface area contributed by atoms with Gasteiger partial charge in [0.2, 0.25) is 5.91 Å². The molecule has 1 saturated heterocycles. The van der Waals surface area contributed by atoms with Gasteiger partial charge in [-0.15, -0.1) is 0 Å². The van der Waals surface area contributed by atoms with Crippen LogP contribution in [-0.2, 0) is 11.2 Å². The number of carbonyl (C=O) groups excluding carboxylic acids is 1. The monoisotopic (exact) mass is 266 g/mol. The van der Waals surface area contributed by atoms with E-state index in [9.17, 15) is 4.79 Å². The number of nitrogens with one attached hydrogen (secondary N) is 2. The molecule has 0 saturated carbocycles. The first-order valence-corrected chi connectivity index (χ1v) is 6.76. The average Bonchev–Trinajstić information content (AvgIpc) is 2.23. The minimum absolute atomic E-state index is 0.143. The van der Waals surface area contributed by atoms with E-state index in [1.54, 1.807) is 0 Å². The van der Waals surface area contributed by atoms with Crippen molar-refractivity contribution in [2.75, 3.05) is 13.1 Å². The summed E-state index contributed by atoms with van der Waals surface area (Å²) in [4.78, 5) is 11.7. The first kappa shape index (κ1) is 13.4. The molecule has 1 aromatic rings. The van der Waals surface area contributed by atoms with Crippen molar-refractivity contribution >= 4 is 17.5 Å². The Bertz CT molecular complexity index is 418. The van der Waals surface area contributed by atoms with Gasteiger partial charge in [0.15, 0.2) is 0 Å². The minimum atomic E-state index is 0.143. The number of halogens is 1. The quantitative estimate of drug-likeness (QED) is 0.856.